The molecule has 0 fully saturated rings. The van der Waals surface area contributed by atoms with Crippen molar-refractivity contribution in [2.75, 3.05) is 11.9 Å². The van der Waals surface area contributed by atoms with Gasteiger partial charge in [0.2, 0.25) is 0 Å². The monoisotopic (exact) mass is 397 g/mol. The fourth-order valence-corrected chi connectivity index (χ4v) is 2.96. The second kappa shape index (κ2) is 7.62. The van der Waals surface area contributed by atoms with Crippen LogP contribution in [0.15, 0.2) is 30.3 Å². The summed E-state index contributed by atoms with van der Waals surface area (Å²) in [6.45, 7) is -0.292. The van der Waals surface area contributed by atoms with Crippen LogP contribution in [0.5, 0.6) is 5.75 Å². The number of hydrogen-bond donors (Lipinski definition) is 1. The quantitative estimate of drug-likeness (QED) is 0.688. The molecule has 8 heteroatoms. The van der Waals surface area contributed by atoms with Crippen molar-refractivity contribution in [3.8, 4) is 5.75 Å². The van der Waals surface area contributed by atoms with E-state index in [1.807, 2.05) is 0 Å². The second-order valence-corrected chi connectivity index (χ2v) is 6.25. The first-order chi connectivity index (χ1) is 10.4. The number of carbonyl (C=O) groups is 1. The lowest BCUT2D eigenvalue weighted by molar-refractivity contribution is -0.118. The van der Waals surface area contributed by atoms with E-state index in [2.05, 4.69) is 5.32 Å². The Kier molecular flexibility index (Phi) is 6.07. The third-order valence-corrected chi connectivity index (χ3v) is 3.84. The molecule has 116 valence electrons. The van der Waals surface area contributed by atoms with E-state index in [-0.39, 0.29) is 22.4 Å². The maximum Gasteiger partial charge on any atom is 0.262 e. The van der Waals surface area contributed by atoms with Crippen LogP contribution in [0.3, 0.4) is 0 Å². The molecule has 1 amide bonds. The van der Waals surface area contributed by atoms with E-state index < -0.39 is 5.91 Å². The Labute approximate surface area is 152 Å². The summed E-state index contributed by atoms with van der Waals surface area (Å²) in [6.07, 6.45) is 0. The summed E-state index contributed by atoms with van der Waals surface area (Å²) in [5, 5.41) is 4.19. The van der Waals surface area contributed by atoms with Gasteiger partial charge >= 0.3 is 0 Å². The molecular formula is C14H8Cl5NO2. The summed E-state index contributed by atoms with van der Waals surface area (Å²) in [4.78, 5) is 11.9. The molecule has 0 saturated heterocycles. The number of carbonyl (C=O) groups excluding carboxylic acids is 1. The molecule has 0 spiro atoms. The van der Waals surface area contributed by atoms with Gasteiger partial charge in [-0.2, -0.15) is 0 Å². The number of hydrogen-bond acceptors (Lipinski definition) is 2. The molecule has 0 unspecified atom stereocenters. The molecule has 0 aliphatic carbocycles. The molecule has 0 atom stereocenters. The van der Waals surface area contributed by atoms with Crippen LogP contribution < -0.4 is 10.1 Å². The zero-order valence-electron chi connectivity index (χ0n) is 10.8. The predicted molar refractivity (Wildman–Crippen MR) is 92.1 cm³/mol. The number of rotatable bonds is 4. The van der Waals surface area contributed by atoms with Crippen LogP contribution in [0.25, 0.3) is 0 Å². The lowest BCUT2D eigenvalue weighted by Crippen LogP contribution is -2.20. The second-order valence-electron chi connectivity index (χ2n) is 4.16. The van der Waals surface area contributed by atoms with E-state index in [1.54, 1.807) is 12.1 Å². The van der Waals surface area contributed by atoms with Crippen molar-refractivity contribution in [3.05, 3.63) is 55.4 Å². The molecule has 0 aliphatic rings. The first kappa shape index (κ1) is 17.5. The lowest BCUT2D eigenvalue weighted by Gasteiger charge is -2.11. The molecule has 0 saturated carbocycles. The minimum absolute atomic E-state index is 0.185. The minimum Gasteiger partial charge on any atom is -0.481 e. The van der Waals surface area contributed by atoms with Gasteiger partial charge in [0.05, 0.1) is 20.8 Å². The summed E-state index contributed by atoms with van der Waals surface area (Å²) in [6, 6.07) is 7.66. The predicted octanol–water partition coefficient (Wildman–Crippen LogP) is 5.97. The van der Waals surface area contributed by atoms with Gasteiger partial charge in [0.1, 0.15) is 0 Å². The van der Waals surface area contributed by atoms with E-state index in [9.17, 15) is 4.79 Å². The fourth-order valence-electron chi connectivity index (χ4n) is 1.58. The van der Waals surface area contributed by atoms with Crippen molar-refractivity contribution in [1.82, 2.24) is 0 Å². The number of halogens is 5. The first-order valence-corrected chi connectivity index (χ1v) is 7.78. The van der Waals surface area contributed by atoms with Crippen LogP contribution in [0.1, 0.15) is 0 Å². The molecule has 0 aromatic heterocycles. The SMILES string of the molecule is O=C(COc1c(Cl)cc(Cl)cc1Cl)Nc1ccc(Cl)cc1Cl. The topological polar surface area (TPSA) is 38.3 Å². The highest BCUT2D eigenvalue weighted by Gasteiger charge is 2.12. The van der Waals surface area contributed by atoms with Crippen LogP contribution in [-0.4, -0.2) is 12.5 Å². The zero-order chi connectivity index (χ0) is 16.3. The van der Waals surface area contributed by atoms with Gasteiger partial charge in [-0.1, -0.05) is 58.0 Å². The van der Waals surface area contributed by atoms with Crippen LogP contribution in [0, 0.1) is 0 Å². The number of nitrogens with one attached hydrogen (secondary N) is 1. The third kappa shape index (κ3) is 4.58. The summed E-state index contributed by atoms with van der Waals surface area (Å²) in [5.41, 5.74) is 0.424. The van der Waals surface area contributed by atoms with Crippen molar-refractivity contribution in [2.24, 2.45) is 0 Å². The van der Waals surface area contributed by atoms with Crippen molar-refractivity contribution >= 4 is 69.6 Å². The van der Waals surface area contributed by atoms with Gasteiger partial charge in [-0.15, -0.1) is 0 Å². The van der Waals surface area contributed by atoms with Crippen LogP contribution >= 0.6 is 58.0 Å². The van der Waals surface area contributed by atoms with E-state index in [0.717, 1.165) is 0 Å². The normalized spacial score (nSPS) is 10.4. The summed E-state index contributed by atoms with van der Waals surface area (Å²) >= 11 is 29.5. The van der Waals surface area contributed by atoms with Crippen molar-refractivity contribution < 1.29 is 9.53 Å². The van der Waals surface area contributed by atoms with Crippen LogP contribution in [0.2, 0.25) is 25.1 Å². The van der Waals surface area contributed by atoms with Crippen LogP contribution in [-0.2, 0) is 4.79 Å². The first-order valence-electron chi connectivity index (χ1n) is 5.89. The minimum atomic E-state index is -0.425. The zero-order valence-corrected chi connectivity index (χ0v) is 14.6. The molecule has 0 radical (unpaired) electrons. The van der Waals surface area contributed by atoms with Gasteiger partial charge in [0, 0.05) is 10.0 Å². The molecule has 2 aromatic carbocycles. The average molecular weight is 399 g/mol. The molecule has 2 rings (SSSR count). The highest BCUT2D eigenvalue weighted by Crippen LogP contribution is 2.35. The molecule has 0 bridgehead atoms. The van der Waals surface area contributed by atoms with Gasteiger partial charge in [-0.25, -0.2) is 0 Å². The Morgan fingerprint density at radius 1 is 0.909 bits per heavy atom. The molecule has 1 N–H and O–H groups in total. The summed E-state index contributed by atoms with van der Waals surface area (Å²) in [5.74, 6) is -0.239. The standard InChI is InChI=1S/C14H8Cl5NO2/c15-7-1-2-12(9(17)3-7)20-13(21)6-22-14-10(18)4-8(16)5-11(14)19/h1-5H,6H2,(H,20,21). The molecule has 0 heterocycles. The van der Waals surface area contributed by atoms with Gasteiger partial charge in [-0.3, -0.25) is 4.79 Å². The third-order valence-electron chi connectivity index (χ3n) is 2.52. The molecule has 22 heavy (non-hydrogen) atoms. The molecule has 0 aliphatic heterocycles. The Morgan fingerprint density at radius 2 is 1.50 bits per heavy atom. The fraction of sp³-hybridized carbons (Fsp3) is 0.0714. The van der Waals surface area contributed by atoms with Gasteiger partial charge in [-0.05, 0) is 30.3 Å². The number of anilines is 1. The van der Waals surface area contributed by atoms with E-state index in [0.29, 0.717) is 20.8 Å². The Bertz CT molecular complexity index is 697. The largest absolute Gasteiger partial charge is 0.481 e. The Morgan fingerprint density at radius 3 is 2.09 bits per heavy atom. The van der Waals surface area contributed by atoms with Crippen molar-refractivity contribution in [2.45, 2.75) is 0 Å². The number of amides is 1. The number of ether oxygens (including phenoxy) is 1. The van der Waals surface area contributed by atoms with Gasteiger partial charge in [0.25, 0.3) is 5.91 Å². The maximum absolute atomic E-state index is 11.9. The molecule has 3 nitrogen and oxygen atoms in total. The average Bonchev–Trinajstić information content (AvgIpc) is 2.40. The Balaban J connectivity index is 2.02. The highest BCUT2D eigenvalue weighted by atomic mass is 35.5. The smallest absolute Gasteiger partial charge is 0.262 e. The summed E-state index contributed by atoms with van der Waals surface area (Å²) < 4.78 is 5.32. The number of benzene rings is 2. The van der Waals surface area contributed by atoms with Crippen molar-refractivity contribution in [1.29, 1.82) is 0 Å². The van der Waals surface area contributed by atoms with Gasteiger partial charge in [0.15, 0.2) is 12.4 Å². The van der Waals surface area contributed by atoms with E-state index in [1.165, 1.54) is 18.2 Å². The Hall–Kier alpha value is -0.840. The van der Waals surface area contributed by atoms with Crippen molar-refractivity contribution in [3.63, 3.8) is 0 Å². The maximum atomic E-state index is 11.9. The van der Waals surface area contributed by atoms with E-state index in [4.69, 9.17) is 62.7 Å². The highest BCUT2D eigenvalue weighted by molar-refractivity contribution is 6.40. The molecule has 2 aromatic rings. The molecular weight excluding hydrogens is 391 g/mol. The van der Waals surface area contributed by atoms with Crippen LogP contribution in [0.4, 0.5) is 5.69 Å². The van der Waals surface area contributed by atoms with E-state index >= 15 is 0 Å². The lowest BCUT2D eigenvalue weighted by atomic mass is 10.3. The van der Waals surface area contributed by atoms with Gasteiger partial charge < -0.3 is 10.1 Å². The summed E-state index contributed by atoms with van der Waals surface area (Å²) in [7, 11) is 0.